The predicted molar refractivity (Wildman–Crippen MR) is 85.8 cm³/mol. The molecule has 0 fully saturated rings. The van der Waals surface area contributed by atoms with Gasteiger partial charge in [-0.25, -0.2) is 9.98 Å². The third-order valence-electron chi connectivity index (χ3n) is 3.30. The Balaban J connectivity index is 1.99. The average molecular weight is 297 g/mol. The summed E-state index contributed by atoms with van der Waals surface area (Å²) in [6.07, 6.45) is 2.62. The number of fused-ring (bicyclic) bond motifs is 1. The predicted octanol–water partition coefficient (Wildman–Crippen LogP) is 3.31. The second-order valence-corrected chi connectivity index (χ2v) is 5.53. The van der Waals surface area contributed by atoms with Gasteiger partial charge in [-0.2, -0.15) is 0 Å². The number of rotatable bonds is 3. The molecule has 0 aliphatic carbocycles. The zero-order valence-electron chi connectivity index (χ0n) is 11.6. The van der Waals surface area contributed by atoms with Gasteiger partial charge < -0.3 is 9.69 Å². The normalized spacial score (nSPS) is 16.8. The van der Waals surface area contributed by atoms with Crippen LogP contribution in [0.4, 0.5) is 5.69 Å². The van der Waals surface area contributed by atoms with Crippen LogP contribution in [0.3, 0.4) is 0 Å². The lowest BCUT2D eigenvalue weighted by Gasteiger charge is -2.28. The Morgan fingerprint density at radius 2 is 2.05 bits per heavy atom. The lowest BCUT2D eigenvalue weighted by molar-refractivity contribution is -0.109. The van der Waals surface area contributed by atoms with E-state index in [1.807, 2.05) is 42.5 Å². The smallest absolute Gasteiger partial charge is 0.171 e. The minimum atomic E-state index is -0.470. The van der Waals surface area contributed by atoms with E-state index in [2.05, 4.69) is 21.8 Å². The van der Waals surface area contributed by atoms with Gasteiger partial charge in [0.15, 0.2) is 5.17 Å². The highest BCUT2D eigenvalue weighted by Gasteiger charge is 2.26. The first kappa shape index (κ1) is 13.8. The van der Waals surface area contributed by atoms with Crippen molar-refractivity contribution >= 4 is 28.9 Å². The summed E-state index contributed by atoms with van der Waals surface area (Å²) in [5, 5.41) is 1.67. The molecular weight excluding hydrogens is 282 g/mol. The lowest BCUT2D eigenvalue weighted by atomic mass is 10.1. The number of aromatic nitrogens is 1. The van der Waals surface area contributed by atoms with Crippen molar-refractivity contribution in [3.05, 3.63) is 54.2 Å². The molecule has 5 heteroatoms. The van der Waals surface area contributed by atoms with Gasteiger partial charge >= 0.3 is 0 Å². The minimum absolute atomic E-state index is 0.470. The number of amidine groups is 1. The highest BCUT2D eigenvalue weighted by molar-refractivity contribution is 8.14. The molecule has 0 spiro atoms. The molecule has 0 radical (unpaired) electrons. The average Bonchev–Trinajstić information content (AvgIpc) is 2.56. The van der Waals surface area contributed by atoms with Gasteiger partial charge in [0.05, 0.1) is 0 Å². The van der Waals surface area contributed by atoms with Crippen LogP contribution in [0.5, 0.6) is 0 Å². The number of hydrogen-bond donors (Lipinski definition) is 0. The van der Waals surface area contributed by atoms with Gasteiger partial charge in [-0.1, -0.05) is 24.3 Å². The standard InChI is InChI=1S/C16H15N3OS/c1-2-19(12-7-4-3-5-8-12)16-18-14(11-20)13-9-6-10-17-15(13)21-16/h3-11,14H,2H2,1H3. The van der Waals surface area contributed by atoms with Crippen LogP contribution < -0.4 is 4.90 Å². The molecule has 4 nitrogen and oxygen atoms in total. The third kappa shape index (κ3) is 2.69. The largest absolute Gasteiger partial charge is 0.321 e. The SMILES string of the molecule is CCN(C1=NC(C=O)c2cccnc2S1)c1ccccc1. The monoisotopic (exact) mass is 297 g/mol. The Morgan fingerprint density at radius 1 is 1.24 bits per heavy atom. The maximum atomic E-state index is 11.4. The Bertz CT molecular complexity index is 672. The van der Waals surface area contributed by atoms with Crippen molar-refractivity contribution in [2.24, 2.45) is 4.99 Å². The van der Waals surface area contributed by atoms with Gasteiger partial charge in [0.25, 0.3) is 0 Å². The summed E-state index contributed by atoms with van der Waals surface area (Å²) in [6, 6.07) is 13.3. The maximum Gasteiger partial charge on any atom is 0.171 e. The van der Waals surface area contributed by atoms with E-state index < -0.39 is 6.04 Å². The van der Waals surface area contributed by atoms with E-state index in [4.69, 9.17) is 0 Å². The molecule has 1 aliphatic heterocycles. The highest BCUT2D eigenvalue weighted by Crippen LogP contribution is 2.35. The number of carbonyl (C=O) groups is 1. The van der Waals surface area contributed by atoms with Crippen LogP contribution in [0.1, 0.15) is 18.5 Å². The van der Waals surface area contributed by atoms with Gasteiger partial charge in [-0.3, -0.25) is 0 Å². The van der Waals surface area contributed by atoms with Crippen molar-refractivity contribution in [3.8, 4) is 0 Å². The summed E-state index contributed by atoms with van der Waals surface area (Å²) in [6.45, 7) is 2.85. The molecule has 0 bridgehead atoms. The topological polar surface area (TPSA) is 45.6 Å². The van der Waals surface area contributed by atoms with Gasteiger partial charge in [0.1, 0.15) is 17.4 Å². The highest BCUT2D eigenvalue weighted by atomic mass is 32.2. The number of thioether (sulfide) groups is 1. The fraction of sp³-hybridized carbons (Fsp3) is 0.188. The van der Waals surface area contributed by atoms with Crippen molar-refractivity contribution in [2.45, 2.75) is 18.0 Å². The third-order valence-corrected chi connectivity index (χ3v) is 4.34. The summed E-state index contributed by atoms with van der Waals surface area (Å²) in [4.78, 5) is 22.4. The molecule has 1 unspecified atom stereocenters. The van der Waals surface area contributed by atoms with Crippen molar-refractivity contribution in [1.29, 1.82) is 0 Å². The second-order valence-electron chi connectivity index (χ2n) is 4.57. The number of carbonyl (C=O) groups excluding carboxylic acids is 1. The Kier molecular flexibility index (Phi) is 4.01. The summed E-state index contributed by atoms with van der Waals surface area (Å²) >= 11 is 1.51. The molecule has 3 rings (SSSR count). The molecular formula is C16H15N3OS. The molecule has 0 N–H and O–H groups in total. The van der Waals surface area contributed by atoms with E-state index in [1.165, 1.54) is 11.8 Å². The molecule has 1 aromatic heterocycles. The van der Waals surface area contributed by atoms with Gasteiger partial charge in [-0.15, -0.1) is 0 Å². The fourth-order valence-corrected chi connectivity index (χ4v) is 3.38. The Hall–Kier alpha value is -2.14. The van der Waals surface area contributed by atoms with E-state index in [0.717, 1.165) is 34.3 Å². The molecule has 0 saturated heterocycles. The van der Waals surface area contributed by atoms with E-state index in [-0.39, 0.29) is 0 Å². The van der Waals surface area contributed by atoms with Crippen LogP contribution in [-0.4, -0.2) is 23.0 Å². The molecule has 2 heterocycles. The van der Waals surface area contributed by atoms with Crippen LogP contribution in [0.25, 0.3) is 0 Å². The summed E-state index contributed by atoms with van der Waals surface area (Å²) in [5.41, 5.74) is 1.95. The molecule has 2 aromatic rings. The number of anilines is 1. The zero-order valence-corrected chi connectivity index (χ0v) is 12.5. The molecule has 1 atom stereocenters. The van der Waals surface area contributed by atoms with E-state index in [0.29, 0.717) is 0 Å². The molecule has 1 aromatic carbocycles. The molecule has 0 amide bonds. The van der Waals surface area contributed by atoms with Crippen LogP contribution >= 0.6 is 11.8 Å². The first-order valence-electron chi connectivity index (χ1n) is 6.82. The Morgan fingerprint density at radius 3 is 2.76 bits per heavy atom. The number of nitrogens with zero attached hydrogens (tertiary/aromatic N) is 3. The first-order valence-corrected chi connectivity index (χ1v) is 7.63. The van der Waals surface area contributed by atoms with Crippen molar-refractivity contribution < 1.29 is 4.79 Å². The molecule has 21 heavy (non-hydrogen) atoms. The summed E-state index contributed by atoms with van der Waals surface area (Å²) < 4.78 is 0. The van der Waals surface area contributed by atoms with Crippen molar-refractivity contribution in [2.75, 3.05) is 11.4 Å². The first-order chi connectivity index (χ1) is 10.3. The molecule has 0 saturated carbocycles. The van der Waals surface area contributed by atoms with Crippen LogP contribution in [0, 0.1) is 0 Å². The van der Waals surface area contributed by atoms with Crippen molar-refractivity contribution in [1.82, 2.24) is 4.98 Å². The minimum Gasteiger partial charge on any atom is -0.321 e. The number of pyridine rings is 1. The van der Waals surface area contributed by atoms with Crippen LogP contribution in [0.2, 0.25) is 0 Å². The number of aldehydes is 1. The summed E-state index contributed by atoms with van der Waals surface area (Å²) in [7, 11) is 0. The van der Waals surface area contributed by atoms with Crippen LogP contribution in [0.15, 0.2) is 58.7 Å². The Labute approximate surface area is 127 Å². The second kappa shape index (κ2) is 6.10. The van der Waals surface area contributed by atoms with Gasteiger partial charge in [-0.05, 0) is 36.9 Å². The summed E-state index contributed by atoms with van der Waals surface area (Å²) in [5.74, 6) is 0. The quantitative estimate of drug-likeness (QED) is 0.815. The van der Waals surface area contributed by atoms with E-state index in [9.17, 15) is 4.79 Å². The molecule has 1 aliphatic rings. The number of para-hydroxylation sites is 1. The zero-order chi connectivity index (χ0) is 14.7. The molecule has 106 valence electrons. The van der Waals surface area contributed by atoms with Crippen molar-refractivity contribution in [3.63, 3.8) is 0 Å². The fourth-order valence-electron chi connectivity index (χ4n) is 2.28. The maximum absolute atomic E-state index is 11.4. The lowest BCUT2D eigenvalue weighted by Crippen LogP contribution is -2.30. The number of hydrogen-bond acceptors (Lipinski definition) is 5. The van der Waals surface area contributed by atoms with Gasteiger partial charge in [0, 0.05) is 24.0 Å². The number of aliphatic imine (C=N–C) groups is 1. The van der Waals surface area contributed by atoms with E-state index in [1.54, 1.807) is 6.20 Å². The van der Waals surface area contributed by atoms with Gasteiger partial charge in [0.2, 0.25) is 0 Å². The number of benzene rings is 1. The van der Waals surface area contributed by atoms with Crippen LogP contribution in [-0.2, 0) is 4.79 Å². The van der Waals surface area contributed by atoms with E-state index >= 15 is 0 Å².